The SMILES string of the molecule is CN=C(NCCc1cc(Cl)ccc1Br)NC1CC2CCC1O2. The molecule has 2 aliphatic heterocycles. The van der Waals surface area contributed by atoms with E-state index in [1.165, 1.54) is 12.0 Å². The molecule has 2 bridgehead atoms. The molecule has 0 aliphatic carbocycles. The third kappa shape index (κ3) is 3.76. The molecule has 1 aromatic carbocycles. The van der Waals surface area contributed by atoms with Crippen LogP contribution in [0.25, 0.3) is 0 Å². The van der Waals surface area contributed by atoms with E-state index >= 15 is 0 Å². The second kappa shape index (κ2) is 7.20. The van der Waals surface area contributed by atoms with Crippen LogP contribution >= 0.6 is 27.5 Å². The third-order valence-corrected chi connectivity index (χ3v) is 5.35. The van der Waals surface area contributed by atoms with Crippen LogP contribution in [-0.2, 0) is 11.2 Å². The summed E-state index contributed by atoms with van der Waals surface area (Å²) in [5.41, 5.74) is 1.19. The van der Waals surface area contributed by atoms with Crippen molar-refractivity contribution in [2.75, 3.05) is 13.6 Å². The fourth-order valence-electron chi connectivity index (χ4n) is 3.21. The number of nitrogens with zero attached hydrogens (tertiary/aromatic N) is 1. The molecule has 0 amide bonds. The van der Waals surface area contributed by atoms with Crippen LogP contribution in [0.4, 0.5) is 0 Å². The molecule has 2 aliphatic rings. The van der Waals surface area contributed by atoms with Gasteiger partial charge in [0, 0.05) is 23.1 Å². The number of rotatable bonds is 4. The van der Waals surface area contributed by atoms with Gasteiger partial charge in [0.2, 0.25) is 0 Å². The molecule has 2 fully saturated rings. The molecule has 1 aromatic rings. The van der Waals surface area contributed by atoms with Crippen LogP contribution in [-0.4, -0.2) is 37.8 Å². The smallest absolute Gasteiger partial charge is 0.191 e. The number of halogens is 2. The Balaban J connectivity index is 1.48. The normalized spacial score (nSPS) is 27.2. The van der Waals surface area contributed by atoms with Crippen LogP contribution in [0.3, 0.4) is 0 Å². The van der Waals surface area contributed by atoms with Crippen LogP contribution in [0.1, 0.15) is 24.8 Å². The Morgan fingerprint density at radius 2 is 2.32 bits per heavy atom. The topological polar surface area (TPSA) is 45.7 Å². The van der Waals surface area contributed by atoms with Gasteiger partial charge in [-0.2, -0.15) is 0 Å². The van der Waals surface area contributed by atoms with Crippen molar-refractivity contribution in [3.63, 3.8) is 0 Å². The largest absolute Gasteiger partial charge is 0.373 e. The van der Waals surface area contributed by atoms with Gasteiger partial charge in [0.25, 0.3) is 0 Å². The standard InChI is InChI=1S/C16H21BrClN3O/c1-19-16(21-14-9-12-3-5-15(14)22-12)20-7-6-10-8-11(18)2-4-13(10)17/h2,4,8,12,14-15H,3,5-7,9H2,1H3,(H2,19,20,21). The molecule has 3 atom stereocenters. The molecule has 22 heavy (non-hydrogen) atoms. The second-order valence-corrected chi connectivity index (χ2v) is 7.14. The van der Waals surface area contributed by atoms with E-state index in [1.807, 2.05) is 18.2 Å². The molecule has 2 heterocycles. The van der Waals surface area contributed by atoms with Crippen molar-refractivity contribution in [2.24, 2.45) is 4.99 Å². The highest BCUT2D eigenvalue weighted by Crippen LogP contribution is 2.34. The maximum absolute atomic E-state index is 6.04. The van der Waals surface area contributed by atoms with E-state index in [9.17, 15) is 0 Å². The molecule has 0 radical (unpaired) electrons. The minimum atomic E-state index is 0.352. The molecule has 3 rings (SSSR count). The molecule has 0 spiro atoms. The highest BCUT2D eigenvalue weighted by molar-refractivity contribution is 9.10. The second-order valence-electron chi connectivity index (χ2n) is 5.85. The van der Waals surface area contributed by atoms with E-state index in [2.05, 4.69) is 31.6 Å². The lowest BCUT2D eigenvalue weighted by Crippen LogP contribution is -2.47. The third-order valence-electron chi connectivity index (χ3n) is 4.35. The van der Waals surface area contributed by atoms with E-state index in [0.29, 0.717) is 18.2 Å². The zero-order valence-electron chi connectivity index (χ0n) is 12.6. The maximum atomic E-state index is 6.04. The Labute approximate surface area is 144 Å². The van der Waals surface area contributed by atoms with Crippen molar-refractivity contribution in [2.45, 2.75) is 43.9 Å². The maximum Gasteiger partial charge on any atom is 0.191 e. The molecular weight excluding hydrogens is 366 g/mol. The molecule has 0 saturated carbocycles. The van der Waals surface area contributed by atoms with Crippen molar-refractivity contribution in [1.29, 1.82) is 0 Å². The van der Waals surface area contributed by atoms with Crippen LogP contribution in [0, 0.1) is 0 Å². The molecule has 120 valence electrons. The van der Waals surface area contributed by atoms with Crippen LogP contribution in [0.2, 0.25) is 5.02 Å². The number of aliphatic imine (C=N–C) groups is 1. The summed E-state index contributed by atoms with van der Waals surface area (Å²) in [6.07, 6.45) is 5.14. The van der Waals surface area contributed by atoms with Gasteiger partial charge >= 0.3 is 0 Å². The Bertz CT molecular complexity index is 566. The van der Waals surface area contributed by atoms with Gasteiger partial charge in [-0.05, 0) is 49.4 Å². The first kappa shape index (κ1) is 16.1. The summed E-state index contributed by atoms with van der Waals surface area (Å²) in [5.74, 6) is 0.847. The number of guanidine groups is 1. The summed E-state index contributed by atoms with van der Waals surface area (Å²) in [6.45, 7) is 0.806. The fraction of sp³-hybridized carbons (Fsp3) is 0.562. The van der Waals surface area contributed by atoms with Gasteiger partial charge in [0.1, 0.15) is 0 Å². The highest BCUT2D eigenvalue weighted by atomic mass is 79.9. The minimum absolute atomic E-state index is 0.352. The van der Waals surface area contributed by atoms with Gasteiger partial charge in [0.05, 0.1) is 18.2 Å². The number of nitrogens with one attached hydrogen (secondary N) is 2. The first-order chi connectivity index (χ1) is 10.7. The van der Waals surface area contributed by atoms with E-state index in [0.717, 1.165) is 41.3 Å². The summed E-state index contributed by atoms with van der Waals surface area (Å²) < 4.78 is 6.95. The Morgan fingerprint density at radius 3 is 3.00 bits per heavy atom. The summed E-state index contributed by atoms with van der Waals surface area (Å²) in [6, 6.07) is 6.26. The lowest BCUT2D eigenvalue weighted by molar-refractivity contribution is 0.0992. The van der Waals surface area contributed by atoms with Crippen molar-refractivity contribution in [3.8, 4) is 0 Å². The van der Waals surface area contributed by atoms with E-state index < -0.39 is 0 Å². The molecule has 2 N–H and O–H groups in total. The highest BCUT2D eigenvalue weighted by Gasteiger charge is 2.41. The predicted octanol–water partition coefficient (Wildman–Crippen LogP) is 3.13. The van der Waals surface area contributed by atoms with Crippen LogP contribution in [0.15, 0.2) is 27.7 Å². The average molecular weight is 387 g/mol. The van der Waals surface area contributed by atoms with Crippen LogP contribution < -0.4 is 10.6 Å². The molecule has 3 unspecified atom stereocenters. The first-order valence-corrected chi connectivity index (χ1v) is 8.89. The van der Waals surface area contributed by atoms with Crippen molar-refractivity contribution in [1.82, 2.24) is 10.6 Å². The van der Waals surface area contributed by atoms with Crippen molar-refractivity contribution < 1.29 is 4.74 Å². The number of fused-ring (bicyclic) bond motifs is 2. The van der Waals surface area contributed by atoms with Gasteiger partial charge in [0.15, 0.2) is 5.96 Å². The van der Waals surface area contributed by atoms with Gasteiger partial charge in [-0.25, -0.2) is 0 Å². The molecule has 4 nitrogen and oxygen atoms in total. The Morgan fingerprint density at radius 1 is 1.45 bits per heavy atom. The quantitative estimate of drug-likeness (QED) is 0.617. The molecular formula is C16H21BrClN3O. The number of hydrogen-bond donors (Lipinski definition) is 2. The monoisotopic (exact) mass is 385 g/mol. The van der Waals surface area contributed by atoms with Gasteiger partial charge < -0.3 is 15.4 Å². The zero-order valence-corrected chi connectivity index (χ0v) is 15.0. The van der Waals surface area contributed by atoms with Gasteiger partial charge in [-0.15, -0.1) is 0 Å². The van der Waals surface area contributed by atoms with E-state index in [1.54, 1.807) is 7.05 Å². The summed E-state index contributed by atoms with van der Waals surface area (Å²) in [4.78, 5) is 4.31. The summed E-state index contributed by atoms with van der Waals surface area (Å²) in [7, 11) is 1.80. The zero-order chi connectivity index (χ0) is 15.5. The number of ether oxygens (including phenoxy) is 1. The average Bonchev–Trinajstić information content (AvgIpc) is 3.12. The first-order valence-electron chi connectivity index (χ1n) is 7.72. The fourth-order valence-corrected chi connectivity index (χ4v) is 3.85. The van der Waals surface area contributed by atoms with E-state index in [4.69, 9.17) is 16.3 Å². The van der Waals surface area contributed by atoms with Crippen LogP contribution in [0.5, 0.6) is 0 Å². The van der Waals surface area contributed by atoms with E-state index in [-0.39, 0.29) is 0 Å². The summed E-state index contributed by atoms with van der Waals surface area (Å²) >= 11 is 9.60. The Hall–Kier alpha value is -0.780. The number of hydrogen-bond acceptors (Lipinski definition) is 2. The van der Waals surface area contributed by atoms with Gasteiger partial charge in [-0.3, -0.25) is 4.99 Å². The Kier molecular flexibility index (Phi) is 5.26. The number of benzene rings is 1. The molecule has 2 saturated heterocycles. The van der Waals surface area contributed by atoms with Crippen molar-refractivity contribution >= 4 is 33.5 Å². The van der Waals surface area contributed by atoms with Crippen molar-refractivity contribution in [3.05, 3.63) is 33.3 Å². The lowest BCUT2D eigenvalue weighted by Gasteiger charge is -2.22. The molecule has 0 aromatic heterocycles. The predicted molar refractivity (Wildman–Crippen MR) is 93.7 cm³/mol. The summed E-state index contributed by atoms with van der Waals surface area (Å²) in [5, 5.41) is 7.62. The minimum Gasteiger partial charge on any atom is -0.373 e. The lowest BCUT2D eigenvalue weighted by atomic mass is 9.96. The van der Waals surface area contributed by atoms with Gasteiger partial charge in [-0.1, -0.05) is 27.5 Å². The molecule has 6 heteroatoms.